The molecule has 1 fully saturated rings. The van der Waals surface area contributed by atoms with E-state index >= 15 is 0 Å². The average molecular weight is 181 g/mol. The summed E-state index contributed by atoms with van der Waals surface area (Å²) in [7, 11) is 0. The Kier molecular flexibility index (Phi) is 3.37. The van der Waals surface area contributed by atoms with Gasteiger partial charge in [0.1, 0.15) is 6.61 Å². The van der Waals surface area contributed by atoms with Crippen LogP contribution in [0.4, 0.5) is 8.78 Å². The zero-order valence-corrected chi connectivity index (χ0v) is 6.76. The van der Waals surface area contributed by atoms with Gasteiger partial charge < -0.3 is 4.74 Å². The fourth-order valence-corrected chi connectivity index (χ4v) is 1.30. The third-order valence-electron chi connectivity index (χ3n) is 2.03. The number of hydrogen-bond acceptors (Lipinski definition) is 3. The molecule has 0 bridgehead atoms. The van der Waals surface area contributed by atoms with Crippen LogP contribution in [0.25, 0.3) is 0 Å². The zero-order chi connectivity index (χ0) is 9.03. The van der Waals surface area contributed by atoms with Gasteiger partial charge in [-0.2, -0.15) is 0 Å². The summed E-state index contributed by atoms with van der Waals surface area (Å²) in [6.07, 6.45) is 1.17. The van der Waals surface area contributed by atoms with Crippen molar-refractivity contribution < 1.29 is 18.4 Å². The molecule has 0 aromatic rings. The second-order valence-electron chi connectivity index (χ2n) is 2.99. The molecule has 2 N–H and O–H groups in total. The van der Waals surface area contributed by atoms with Gasteiger partial charge in [-0.25, -0.2) is 14.7 Å². The Balaban J connectivity index is 2.41. The number of rotatable bonds is 3. The fourth-order valence-electron chi connectivity index (χ4n) is 1.30. The SMILES string of the molecule is NOCC(F)(F)C1CCCOC1. The maximum absolute atomic E-state index is 13.0. The van der Waals surface area contributed by atoms with Crippen LogP contribution in [0.1, 0.15) is 12.8 Å². The lowest BCUT2D eigenvalue weighted by atomic mass is 9.95. The molecular formula is C7H13F2NO2. The quantitative estimate of drug-likeness (QED) is 0.659. The van der Waals surface area contributed by atoms with Crippen LogP contribution >= 0.6 is 0 Å². The van der Waals surface area contributed by atoms with E-state index in [-0.39, 0.29) is 6.61 Å². The molecule has 1 aliphatic rings. The highest BCUT2D eigenvalue weighted by Crippen LogP contribution is 2.30. The van der Waals surface area contributed by atoms with Crippen molar-refractivity contribution >= 4 is 0 Å². The molecule has 1 atom stereocenters. The second kappa shape index (κ2) is 4.11. The molecule has 0 saturated carbocycles. The highest BCUT2D eigenvalue weighted by atomic mass is 19.3. The first-order chi connectivity index (χ1) is 5.67. The molecule has 1 aliphatic heterocycles. The van der Waals surface area contributed by atoms with E-state index in [1.165, 1.54) is 0 Å². The van der Waals surface area contributed by atoms with Crippen molar-refractivity contribution in [1.82, 2.24) is 0 Å². The molecule has 1 saturated heterocycles. The minimum atomic E-state index is -2.85. The van der Waals surface area contributed by atoms with Crippen LogP contribution < -0.4 is 5.90 Å². The van der Waals surface area contributed by atoms with Crippen LogP contribution in [0.2, 0.25) is 0 Å². The van der Waals surface area contributed by atoms with Crippen LogP contribution in [0.15, 0.2) is 0 Å². The van der Waals surface area contributed by atoms with E-state index in [9.17, 15) is 8.78 Å². The van der Waals surface area contributed by atoms with Gasteiger partial charge in [0.2, 0.25) is 0 Å². The van der Waals surface area contributed by atoms with Crippen molar-refractivity contribution in [2.24, 2.45) is 11.8 Å². The molecule has 3 nitrogen and oxygen atoms in total. The smallest absolute Gasteiger partial charge is 0.277 e. The number of hydrogen-bond donors (Lipinski definition) is 1. The summed E-state index contributed by atoms with van der Waals surface area (Å²) in [6, 6.07) is 0. The third-order valence-corrected chi connectivity index (χ3v) is 2.03. The first-order valence-corrected chi connectivity index (χ1v) is 3.94. The highest BCUT2D eigenvalue weighted by Gasteiger charge is 2.40. The van der Waals surface area contributed by atoms with Crippen molar-refractivity contribution in [2.45, 2.75) is 18.8 Å². The van der Waals surface area contributed by atoms with Crippen molar-refractivity contribution in [2.75, 3.05) is 19.8 Å². The number of halogens is 2. The number of nitrogens with two attached hydrogens (primary N) is 1. The molecule has 0 amide bonds. The maximum Gasteiger partial charge on any atom is 0.277 e. The molecule has 0 radical (unpaired) electrons. The standard InChI is InChI=1S/C7H13F2NO2/c8-7(9,5-12-10)6-2-1-3-11-4-6/h6H,1-5,10H2. The minimum Gasteiger partial charge on any atom is -0.381 e. The Morgan fingerprint density at radius 3 is 2.83 bits per heavy atom. The molecule has 12 heavy (non-hydrogen) atoms. The molecule has 0 aromatic carbocycles. The van der Waals surface area contributed by atoms with Crippen LogP contribution in [-0.2, 0) is 9.57 Å². The predicted octanol–water partition coefficient (Wildman–Crippen LogP) is 0.939. The van der Waals surface area contributed by atoms with Crippen LogP contribution in [0, 0.1) is 5.92 Å². The normalized spacial score (nSPS) is 25.8. The third kappa shape index (κ3) is 2.36. The summed E-state index contributed by atoms with van der Waals surface area (Å²) in [4.78, 5) is 3.95. The lowest BCUT2D eigenvalue weighted by Gasteiger charge is -2.28. The summed E-state index contributed by atoms with van der Waals surface area (Å²) in [5, 5.41) is 0. The Morgan fingerprint density at radius 2 is 2.33 bits per heavy atom. The topological polar surface area (TPSA) is 44.5 Å². The van der Waals surface area contributed by atoms with Gasteiger partial charge in [-0.1, -0.05) is 0 Å². The Bertz CT molecular complexity index is 137. The predicted molar refractivity (Wildman–Crippen MR) is 38.6 cm³/mol. The monoisotopic (exact) mass is 181 g/mol. The maximum atomic E-state index is 13.0. The summed E-state index contributed by atoms with van der Waals surface area (Å²) < 4.78 is 31.0. The van der Waals surface area contributed by atoms with E-state index in [0.717, 1.165) is 0 Å². The van der Waals surface area contributed by atoms with E-state index in [1.807, 2.05) is 0 Å². The van der Waals surface area contributed by atoms with Gasteiger partial charge in [0.25, 0.3) is 5.92 Å². The van der Waals surface area contributed by atoms with Crippen LogP contribution in [0.5, 0.6) is 0 Å². The lowest BCUT2D eigenvalue weighted by Crippen LogP contribution is -2.39. The van der Waals surface area contributed by atoms with Gasteiger partial charge in [0.05, 0.1) is 6.61 Å². The highest BCUT2D eigenvalue weighted by molar-refractivity contribution is 4.78. The van der Waals surface area contributed by atoms with E-state index in [4.69, 9.17) is 4.74 Å². The summed E-state index contributed by atoms with van der Waals surface area (Å²) in [6.45, 7) is -0.0343. The fraction of sp³-hybridized carbons (Fsp3) is 1.00. The molecule has 0 spiro atoms. The van der Waals surface area contributed by atoms with Gasteiger partial charge in [0, 0.05) is 12.5 Å². The zero-order valence-electron chi connectivity index (χ0n) is 6.76. The van der Waals surface area contributed by atoms with Gasteiger partial charge in [0.15, 0.2) is 0 Å². The van der Waals surface area contributed by atoms with Gasteiger partial charge in [-0.3, -0.25) is 4.84 Å². The van der Waals surface area contributed by atoms with Crippen molar-refractivity contribution in [1.29, 1.82) is 0 Å². The summed E-state index contributed by atoms with van der Waals surface area (Å²) in [5.41, 5.74) is 0. The second-order valence-corrected chi connectivity index (χ2v) is 2.99. The van der Waals surface area contributed by atoms with E-state index in [1.54, 1.807) is 0 Å². The number of alkyl halides is 2. The Hall–Kier alpha value is -0.260. The molecule has 5 heteroatoms. The molecule has 0 aromatic heterocycles. The molecule has 72 valence electrons. The van der Waals surface area contributed by atoms with Gasteiger partial charge in [-0.05, 0) is 12.8 Å². The van der Waals surface area contributed by atoms with Gasteiger partial charge in [-0.15, -0.1) is 0 Å². The van der Waals surface area contributed by atoms with Crippen LogP contribution in [0.3, 0.4) is 0 Å². The van der Waals surface area contributed by atoms with E-state index in [2.05, 4.69) is 10.7 Å². The molecule has 0 aliphatic carbocycles. The van der Waals surface area contributed by atoms with Gasteiger partial charge >= 0.3 is 0 Å². The summed E-state index contributed by atoms with van der Waals surface area (Å²) in [5.74, 6) is 1.01. The summed E-state index contributed by atoms with van der Waals surface area (Å²) >= 11 is 0. The molecule has 1 heterocycles. The first kappa shape index (κ1) is 9.83. The van der Waals surface area contributed by atoms with Crippen molar-refractivity contribution in [3.05, 3.63) is 0 Å². The molecule has 1 unspecified atom stereocenters. The lowest BCUT2D eigenvalue weighted by molar-refractivity contribution is -0.148. The Morgan fingerprint density at radius 1 is 1.58 bits per heavy atom. The van der Waals surface area contributed by atoms with Crippen molar-refractivity contribution in [3.8, 4) is 0 Å². The van der Waals surface area contributed by atoms with E-state index < -0.39 is 18.4 Å². The molecular weight excluding hydrogens is 168 g/mol. The van der Waals surface area contributed by atoms with Crippen LogP contribution in [-0.4, -0.2) is 25.7 Å². The Labute approximate surface area is 69.8 Å². The van der Waals surface area contributed by atoms with Crippen molar-refractivity contribution in [3.63, 3.8) is 0 Å². The number of ether oxygens (including phenoxy) is 1. The molecule has 1 rings (SSSR count). The minimum absolute atomic E-state index is 0.107. The average Bonchev–Trinajstić information content (AvgIpc) is 2.06. The first-order valence-electron chi connectivity index (χ1n) is 3.94. The largest absolute Gasteiger partial charge is 0.381 e. The van der Waals surface area contributed by atoms with E-state index in [0.29, 0.717) is 19.4 Å².